The predicted octanol–water partition coefficient (Wildman–Crippen LogP) is 2.45. The van der Waals surface area contributed by atoms with Crippen molar-refractivity contribution in [1.29, 1.82) is 0 Å². The first-order valence-corrected chi connectivity index (χ1v) is 8.48. The molecule has 5 nitrogen and oxygen atoms in total. The summed E-state index contributed by atoms with van der Waals surface area (Å²) in [5, 5.41) is 11.0. The van der Waals surface area contributed by atoms with Crippen molar-refractivity contribution in [3.8, 4) is 0 Å². The molecule has 24 heavy (non-hydrogen) atoms. The minimum atomic E-state index is -0.498. The third kappa shape index (κ3) is 2.50. The number of aromatic amines is 1. The third-order valence-electron chi connectivity index (χ3n) is 5.35. The molecule has 2 aliphatic rings. The highest BCUT2D eigenvalue weighted by Crippen LogP contribution is 2.35. The summed E-state index contributed by atoms with van der Waals surface area (Å²) < 4.78 is 19.7. The molecule has 2 aliphatic heterocycles. The summed E-state index contributed by atoms with van der Waals surface area (Å²) in [6.07, 6.45) is 2.45. The molecule has 1 aromatic heterocycles. The molecule has 2 fully saturated rings. The van der Waals surface area contributed by atoms with Crippen LogP contribution in [0.1, 0.15) is 36.2 Å². The number of likely N-dealkylation sites (tertiary alicyclic amines) is 1. The Morgan fingerprint density at radius 1 is 1.38 bits per heavy atom. The maximum atomic E-state index is 13.8. The van der Waals surface area contributed by atoms with E-state index in [1.54, 1.807) is 23.1 Å². The van der Waals surface area contributed by atoms with E-state index in [-0.39, 0.29) is 11.7 Å². The predicted molar refractivity (Wildman–Crippen MR) is 87.3 cm³/mol. The van der Waals surface area contributed by atoms with Gasteiger partial charge in [-0.2, -0.15) is 0 Å². The molecule has 128 valence electrons. The zero-order valence-electron chi connectivity index (χ0n) is 13.4. The van der Waals surface area contributed by atoms with Crippen LogP contribution in [0, 0.1) is 5.82 Å². The molecule has 0 bridgehead atoms. The quantitative estimate of drug-likeness (QED) is 0.843. The Balaban J connectivity index is 1.50. The van der Waals surface area contributed by atoms with Crippen LogP contribution in [0.4, 0.5) is 4.39 Å². The van der Waals surface area contributed by atoms with Gasteiger partial charge >= 0.3 is 0 Å². The largest absolute Gasteiger partial charge is 0.390 e. The summed E-state index contributed by atoms with van der Waals surface area (Å²) in [4.78, 5) is 17.3. The lowest BCUT2D eigenvalue weighted by Crippen LogP contribution is -2.56. The lowest BCUT2D eigenvalue weighted by atomic mass is 9.82. The van der Waals surface area contributed by atoms with Gasteiger partial charge in [0.25, 0.3) is 5.91 Å². The van der Waals surface area contributed by atoms with Gasteiger partial charge in [-0.15, -0.1) is 0 Å². The number of hydrogen-bond donors (Lipinski definition) is 2. The van der Waals surface area contributed by atoms with E-state index in [0.29, 0.717) is 49.1 Å². The van der Waals surface area contributed by atoms with Gasteiger partial charge in [-0.1, -0.05) is 12.1 Å². The summed E-state index contributed by atoms with van der Waals surface area (Å²) >= 11 is 0. The molecule has 2 saturated heterocycles. The first-order chi connectivity index (χ1) is 11.6. The van der Waals surface area contributed by atoms with Crippen molar-refractivity contribution in [2.75, 3.05) is 19.7 Å². The minimum Gasteiger partial charge on any atom is -0.390 e. The van der Waals surface area contributed by atoms with E-state index in [9.17, 15) is 14.3 Å². The summed E-state index contributed by atoms with van der Waals surface area (Å²) in [5.74, 6) is -0.492. The van der Waals surface area contributed by atoms with Crippen molar-refractivity contribution in [2.45, 2.75) is 37.4 Å². The zero-order valence-corrected chi connectivity index (χ0v) is 13.4. The molecule has 2 N–H and O–H groups in total. The second-order valence-electron chi connectivity index (χ2n) is 6.75. The fourth-order valence-corrected chi connectivity index (χ4v) is 3.88. The van der Waals surface area contributed by atoms with Crippen molar-refractivity contribution >= 4 is 16.8 Å². The van der Waals surface area contributed by atoms with E-state index in [0.717, 1.165) is 12.8 Å². The number of amides is 1. The molecule has 0 radical (unpaired) electrons. The number of halogens is 1. The van der Waals surface area contributed by atoms with Crippen LogP contribution >= 0.6 is 0 Å². The molecule has 0 unspecified atom stereocenters. The number of fused-ring (bicyclic) bond motifs is 1. The van der Waals surface area contributed by atoms with Gasteiger partial charge in [0, 0.05) is 25.1 Å². The van der Waals surface area contributed by atoms with E-state index in [1.165, 1.54) is 6.07 Å². The standard InChI is InChI=1S/C18H21FN2O3/c19-13-4-1-3-12-11-14(20-16(12)13)17(23)21-8-6-18(7-9-21)15(22)5-2-10-24-18/h1,3-4,11,15,20,22H,2,5-10H2/t15-/m0/s1. The van der Waals surface area contributed by atoms with Gasteiger partial charge in [-0.3, -0.25) is 4.79 Å². The monoisotopic (exact) mass is 332 g/mol. The van der Waals surface area contributed by atoms with Crippen LogP contribution < -0.4 is 0 Å². The lowest BCUT2D eigenvalue weighted by Gasteiger charge is -2.46. The average molecular weight is 332 g/mol. The maximum absolute atomic E-state index is 13.8. The fourth-order valence-electron chi connectivity index (χ4n) is 3.88. The highest BCUT2D eigenvalue weighted by Gasteiger charge is 2.44. The van der Waals surface area contributed by atoms with Crippen molar-refractivity contribution in [2.24, 2.45) is 0 Å². The van der Waals surface area contributed by atoms with Gasteiger partial charge in [-0.25, -0.2) is 4.39 Å². The lowest BCUT2D eigenvalue weighted by molar-refractivity contribution is -0.174. The van der Waals surface area contributed by atoms with Crippen LogP contribution in [0.5, 0.6) is 0 Å². The van der Waals surface area contributed by atoms with Gasteiger partial charge in [0.2, 0.25) is 0 Å². The number of para-hydroxylation sites is 1. The maximum Gasteiger partial charge on any atom is 0.270 e. The summed E-state index contributed by atoms with van der Waals surface area (Å²) in [6.45, 7) is 1.74. The first kappa shape index (κ1) is 15.6. The number of aliphatic hydroxyl groups is 1. The molecule has 2 aromatic rings. The molecule has 1 spiro atoms. The number of hydrogen-bond acceptors (Lipinski definition) is 3. The second-order valence-corrected chi connectivity index (χ2v) is 6.75. The Morgan fingerprint density at radius 2 is 2.17 bits per heavy atom. The minimum absolute atomic E-state index is 0.134. The van der Waals surface area contributed by atoms with Gasteiger partial charge in [0.15, 0.2) is 0 Å². The fraction of sp³-hybridized carbons (Fsp3) is 0.500. The first-order valence-electron chi connectivity index (χ1n) is 8.48. The van der Waals surface area contributed by atoms with E-state index < -0.39 is 11.7 Å². The Labute approximate surface area is 139 Å². The molecule has 1 amide bonds. The number of H-pyrrole nitrogens is 1. The van der Waals surface area contributed by atoms with Crippen LogP contribution in [0.2, 0.25) is 0 Å². The van der Waals surface area contributed by atoms with E-state index >= 15 is 0 Å². The van der Waals surface area contributed by atoms with Crippen molar-refractivity contribution < 1.29 is 19.0 Å². The number of ether oxygens (including phenoxy) is 1. The van der Waals surface area contributed by atoms with E-state index in [2.05, 4.69) is 4.98 Å². The molecular weight excluding hydrogens is 311 g/mol. The van der Waals surface area contributed by atoms with Crippen LogP contribution in [-0.4, -0.2) is 52.3 Å². The Morgan fingerprint density at radius 3 is 2.88 bits per heavy atom. The van der Waals surface area contributed by atoms with Gasteiger partial charge in [0.1, 0.15) is 11.5 Å². The Hall–Kier alpha value is -1.92. The molecule has 0 aliphatic carbocycles. The number of aromatic nitrogens is 1. The molecule has 0 saturated carbocycles. The van der Waals surface area contributed by atoms with Crippen LogP contribution in [0.15, 0.2) is 24.3 Å². The number of aliphatic hydroxyl groups excluding tert-OH is 1. The summed E-state index contributed by atoms with van der Waals surface area (Å²) in [5.41, 5.74) is 0.262. The van der Waals surface area contributed by atoms with Crippen molar-refractivity contribution in [3.05, 3.63) is 35.8 Å². The van der Waals surface area contributed by atoms with Crippen LogP contribution in [-0.2, 0) is 4.74 Å². The number of rotatable bonds is 1. The average Bonchev–Trinajstić information content (AvgIpc) is 3.03. The van der Waals surface area contributed by atoms with Gasteiger partial charge in [-0.05, 0) is 37.8 Å². The van der Waals surface area contributed by atoms with Crippen molar-refractivity contribution in [3.63, 3.8) is 0 Å². The summed E-state index contributed by atoms with van der Waals surface area (Å²) in [6, 6.07) is 6.48. The zero-order chi connectivity index (χ0) is 16.7. The normalized spacial score (nSPS) is 23.8. The Kier molecular flexibility index (Phi) is 3.81. The topological polar surface area (TPSA) is 65.6 Å². The third-order valence-corrected chi connectivity index (χ3v) is 5.35. The molecule has 3 heterocycles. The smallest absolute Gasteiger partial charge is 0.270 e. The van der Waals surface area contributed by atoms with Crippen molar-refractivity contribution in [1.82, 2.24) is 9.88 Å². The van der Waals surface area contributed by atoms with Crippen LogP contribution in [0.25, 0.3) is 10.9 Å². The molecule has 6 heteroatoms. The molecule has 1 aromatic carbocycles. The SMILES string of the molecule is O=C(c1cc2cccc(F)c2[nH]1)N1CCC2(CC1)OCCC[C@@H]2O. The number of nitrogens with one attached hydrogen (secondary N) is 1. The second kappa shape index (κ2) is 5.86. The van der Waals surface area contributed by atoms with Gasteiger partial charge in [0.05, 0.1) is 17.2 Å². The molecule has 4 rings (SSSR count). The van der Waals surface area contributed by atoms with E-state index in [4.69, 9.17) is 4.74 Å². The summed E-state index contributed by atoms with van der Waals surface area (Å²) in [7, 11) is 0. The number of benzene rings is 1. The number of nitrogens with zero attached hydrogens (tertiary/aromatic N) is 1. The number of piperidine rings is 1. The highest BCUT2D eigenvalue weighted by atomic mass is 19.1. The Bertz CT molecular complexity index is 765. The molecular formula is C18H21FN2O3. The highest BCUT2D eigenvalue weighted by molar-refractivity contribution is 5.98. The molecule has 1 atom stereocenters. The van der Waals surface area contributed by atoms with Crippen LogP contribution in [0.3, 0.4) is 0 Å². The van der Waals surface area contributed by atoms with E-state index in [1.807, 2.05) is 0 Å². The number of carbonyl (C=O) groups is 1. The number of carbonyl (C=O) groups excluding carboxylic acids is 1. The van der Waals surface area contributed by atoms with Gasteiger partial charge < -0.3 is 19.7 Å².